The fourth-order valence-corrected chi connectivity index (χ4v) is 1.62. The highest BCUT2D eigenvalue weighted by Gasteiger charge is 2.14. The van der Waals surface area contributed by atoms with E-state index in [0.717, 1.165) is 25.3 Å². The molecule has 0 saturated heterocycles. The zero-order chi connectivity index (χ0) is 9.26. The molecule has 1 N–H and O–H groups in total. The Hall–Kier alpha value is -1.16. The van der Waals surface area contributed by atoms with Gasteiger partial charge in [0.15, 0.2) is 5.82 Å². The van der Waals surface area contributed by atoms with Gasteiger partial charge in [-0.05, 0) is 19.9 Å². The van der Waals surface area contributed by atoms with Crippen molar-refractivity contribution in [2.75, 3.05) is 13.1 Å². The molecule has 1 aliphatic heterocycles. The van der Waals surface area contributed by atoms with E-state index in [1.165, 1.54) is 11.1 Å². The van der Waals surface area contributed by atoms with Crippen LogP contribution in [-0.4, -0.2) is 27.9 Å². The van der Waals surface area contributed by atoms with Crippen molar-refractivity contribution in [2.45, 2.75) is 13.3 Å². The van der Waals surface area contributed by atoms with Crippen LogP contribution >= 0.6 is 0 Å². The van der Waals surface area contributed by atoms with Gasteiger partial charge in [-0.3, -0.25) is 0 Å². The van der Waals surface area contributed by atoms with Crippen LogP contribution in [0.3, 0.4) is 0 Å². The summed E-state index contributed by atoms with van der Waals surface area (Å²) in [6.07, 6.45) is 2.85. The van der Waals surface area contributed by atoms with Gasteiger partial charge in [0.05, 0.1) is 0 Å². The fourth-order valence-electron chi connectivity index (χ4n) is 1.62. The first-order valence-electron chi connectivity index (χ1n) is 4.53. The molecule has 1 aromatic rings. The maximum Gasteiger partial charge on any atom is 0.160 e. The molecule has 0 aliphatic carbocycles. The van der Waals surface area contributed by atoms with Crippen molar-refractivity contribution in [3.05, 3.63) is 17.7 Å². The van der Waals surface area contributed by atoms with E-state index in [-0.39, 0.29) is 0 Å². The molecule has 0 saturated carbocycles. The van der Waals surface area contributed by atoms with Gasteiger partial charge in [-0.2, -0.15) is 0 Å². The first-order chi connectivity index (χ1) is 6.29. The molecule has 0 spiro atoms. The minimum Gasteiger partial charge on any atom is -0.317 e. The predicted octanol–water partition coefficient (Wildman–Crippen LogP) is 0.582. The molecular formula is C9H14N4. The summed E-state index contributed by atoms with van der Waals surface area (Å²) < 4.78 is 1.96. The molecule has 1 aliphatic rings. The van der Waals surface area contributed by atoms with Crippen LogP contribution in [0.2, 0.25) is 0 Å². The van der Waals surface area contributed by atoms with Crippen LogP contribution in [0.4, 0.5) is 0 Å². The van der Waals surface area contributed by atoms with Gasteiger partial charge in [-0.25, -0.2) is 0 Å². The maximum atomic E-state index is 4.10. The Balaban J connectivity index is 2.40. The molecule has 4 nitrogen and oxygen atoms in total. The van der Waals surface area contributed by atoms with E-state index in [0.29, 0.717) is 0 Å². The number of aromatic nitrogens is 3. The van der Waals surface area contributed by atoms with Crippen LogP contribution < -0.4 is 5.32 Å². The number of hydrogen-bond acceptors (Lipinski definition) is 3. The standard InChI is InChI=1S/C9H14N4/c1-7-3-4-10-5-8(7)9-12-11-6-13(9)2/h6,10H,3-5H2,1-2H3. The van der Waals surface area contributed by atoms with Gasteiger partial charge in [0, 0.05) is 19.2 Å². The SMILES string of the molecule is CC1=C(c2nncn2C)CNCC1. The molecule has 0 radical (unpaired) electrons. The smallest absolute Gasteiger partial charge is 0.160 e. The lowest BCUT2D eigenvalue weighted by molar-refractivity contribution is 0.705. The molecule has 0 aromatic carbocycles. The van der Waals surface area contributed by atoms with E-state index in [1.54, 1.807) is 6.33 Å². The highest BCUT2D eigenvalue weighted by atomic mass is 15.2. The Bertz CT molecular complexity index is 337. The molecular weight excluding hydrogens is 164 g/mol. The molecule has 0 atom stereocenters. The zero-order valence-electron chi connectivity index (χ0n) is 8.04. The lowest BCUT2D eigenvalue weighted by Gasteiger charge is -2.17. The van der Waals surface area contributed by atoms with E-state index in [9.17, 15) is 0 Å². The second-order valence-corrected chi connectivity index (χ2v) is 3.45. The minimum absolute atomic E-state index is 0.915. The van der Waals surface area contributed by atoms with Gasteiger partial charge < -0.3 is 9.88 Å². The highest BCUT2D eigenvalue weighted by molar-refractivity contribution is 5.65. The average Bonchev–Trinajstić information content (AvgIpc) is 2.52. The number of nitrogens with one attached hydrogen (secondary N) is 1. The monoisotopic (exact) mass is 178 g/mol. The van der Waals surface area contributed by atoms with Gasteiger partial charge >= 0.3 is 0 Å². The Labute approximate surface area is 77.7 Å². The van der Waals surface area contributed by atoms with Gasteiger partial charge in [0.2, 0.25) is 0 Å². The predicted molar refractivity (Wildman–Crippen MR) is 51.1 cm³/mol. The molecule has 0 fully saturated rings. The first-order valence-corrected chi connectivity index (χ1v) is 4.53. The molecule has 0 bridgehead atoms. The highest BCUT2D eigenvalue weighted by Crippen LogP contribution is 2.19. The molecule has 2 rings (SSSR count). The third-order valence-corrected chi connectivity index (χ3v) is 2.48. The number of hydrogen-bond donors (Lipinski definition) is 1. The third kappa shape index (κ3) is 1.49. The summed E-state index contributed by atoms with van der Waals surface area (Å²) in [4.78, 5) is 0. The van der Waals surface area contributed by atoms with Gasteiger partial charge in [0.25, 0.3) is 0 Å². The van der Waals surface area contributed by atoms with E-state index >= 15 is 0 Å². The Kier molecular flexibility index (Phi) is 2.14. The van der Waals surface area contributed by atoms with Crippen molar-refractivity contribution in [1.29, 1.82) is 0 Å². The third-order valence-electron chi connectivity index (χ3n) is 2.48. The van der Waals surface area contributed by atoms with E-state index in [2.05, 4.69) is 22.4 Å². The van der Waals surface area contributed by atoms with Crippen LogP contribution in [0.1, 0.15) is 19.2 Å². The summed E-state index contributed by atoms with van der Waals surface area (Å²) in [5.41, 5.74) is 2.72. The van der Waals surface area contributed by atoms with Crippen LogP contribution in [0.15, 0.2) is 11.9 Å². The summed E-state index contributed by atoms with van der Waals surface area (Å²) in [6, 6.07) is 0. The number of rotatable bonds is 1. The van der Waals surface area contributed by atoms with Crippen molar-refractivity contribution in [3.63, 3.8) is 0 Å². The number of nitrogens with zero attached hydrogens (tertiary/aromatic N) is 3. The summed E-state index contributed by atoms with van der Waals surface area (Å²) in [5, 5.41) is 11.3. The van der Waals surface area contributed by atoms with Gasteiger partial charge in [-0.15, -0.1) is 10.2 Å². The van der Waals surface area contributed by atoms with Crippen molar-refractivity contribution >= 4 is 5.57 Å². The number of aryl methyl sites for hydroxylation is 1. The Morgan fingerprint density at radius 3 is 3.00 bits per heavy atom. The molecule has 4 heteroatoms. The van der Waals surface area contributed by atoms with Crippen LogP contribution in [0.5, 0.6) is 0 Å². The Morgan fingerprint density at radius 1 is 1.54 bits per heavy atom. The van der Waals surface area contributed by atoms with Crippen molar-refractivity contribution < 1.29 is 0 Å². The van der Waals surface area contributed by atoms with Crippen molar-refractivity contribution in [3.8, 4) is 0 Å². The quantitative estimate of drug-likeness (QED) is 0.684. The molecule has 70 valence electrons. The summed E-state index contributed by atoms with van der Waals surface area (Å²) in [7, 11) is 1.98. The lowest BCUT2D eigenvalue weighted by atomic mass is 10.0. The fraction of sp³-hybridized carbons (Fsp3) is 0.556. The molecule has 1 aromatic heterocycles. The van der Waals surface area contributed by atoms with E-state index in [1.807, 2.05) is 11.6 Å². The molecule has 13 heavy (non-hydrogen) atoms. The molecule has 2 heterocycles. The molecule has 0 unspecified atom stereocenters. The van der Waals surface area contributed by atoms with Gasteiger partial charge in [-0.1, -0.05) is 5.57 Å². The zero-order valence-corrected chi connectivity index (χ0v) is 8.04. The summed E-state index contributed by atoms with van der Waals surface area (Å²) >= 11 is 0. The first kappa shape index (κ1) is 8.44. The Morgan fingerprint density at radius 2 is 2.38 bits per heavy atom. The van der Waals surface area contributed by atoms with E-state index < -0.39 is 0 Å². The van der Waals surface area contributed by atoms with Gasteiger partial charge in [0.1, 0.15) is 6.33 Å². The van der Waals surface area contributed by atoms with Crippen LogP contribution in [-0.2, 0) is 7.05 Å². The van der Waals surface area contributed by atoms with E-state index in [4.69, 9.17) is 0 Å². The normalized spacial score (nSPS) is 18.0. The largest absolute Gasteiger partial charge is 0.317 e. The summed E-state index contributed by atoms with van der Waals surface area (Å²) in [5.74, 6) is 0.990. The lowest BCUT2D eigenvalue weighted by Crippen LogP contribution is -2.24. The minimum atomic E-state index is 0.915. The average molecular weight is 178 g/mol. The van der Waals surface area contributed by atoms with Crippen LogP contribution in [0.25, 0.3) is 5.57 Å². The summed E-state index contributed by atoms with van der Waals surface area (Å²) in [6.45, 7) is 4.16. The maximum absolute atomic E-state index is 4.10. The molecule has 0 amide bonds. The van der Waals surface area contributed by atoms with Crippen molar-refractivity contribution in [2.24, 2.45) is 7.05 Å². The topological polar surface area (TPSA) is 42.7 Å². The second-order valence-electron chi connectivity index (χ2n) is 3.45. The van der Waals surface area contributed by atoms with Crippen molar-refractivity contribution in [1.82, 2.24) is 20.1 Å². The second kappa shape index (κ2) is 3.30. The van der Waals surface area contributed by atoms with Crippen LogP contribution in [0, 0.1) is 0 Å².